The van der Waals surface area contributed by atoms with Crippen LogP contribution >= 0.6 is 11.8 Å². The first kappa shape index (κ1) is 17.3. The Morgan fingerprint density at radius 1 is 1.38 bits per heavy atom. The number of thioether (sulfide) groups is 1. The fourth-order valence-corrected chi connectivity index (χ4v) is 4.46. The molecule has 2 saturated heterocycles. The highest BCUT2D eigenvalue weighted by Gasteiger charge is 2.37. The molecule has 2 fully saturated rings. The maximum absolute atomic E-state index is 12.8. The fourth-order valence-electron chi connectivity index (χ4n) is 3.27. The van der Waals surface area contributed by atoms with Gasteiger partial charge in [-0.15, -0.1) is 11.8 Å². The molecule has 6 heteroatoms. The molecule has 130 valence electrons. The third kappa shape index (κ3) is 3.75. The topological polar surface area (TPSA) is 58.6 Å². The number of nitrogens with zero attached hydrogens (tertiary/aromatic N) is 1. The van der Waals surface area contributed by atoms with Gasteiger partial charge in [0.05, 0.1) is 18.0 Å². The predicted molar refractivity (Wildman–Crippen MR) is 94.5 cm³/mol. The first-order chi connectivity index (χ1) is 11.7. The molecule has 3 atom stereocenters. The molecule has 5 nitrogen and oxygen atoms in total. The summed E-state index contributed by atoms with van der Waals surface area (Å²) in [5.74, 6) is 1.21. The van der Waals surface area contributed by atoms with Crippen LogP contribution in [0.2, 0.25) is 0 Å². The smallest absolute Gasteiger partial charge is 0.244 e. The van der Waals surface area contributed by atoms with E-state index in [9.17, 15) is 9.59 Å². The van der Waals surface area contributed by atoms with Crippen LogP contribution in [0.5, 0.6) is 0 Å². The van der Waals surface area contributed by atoms with Gasteiger partial charge in [0.25, 0.3) is 0 Å². The second-order valence-electron chi connectivity index (χ2n) is 6.18. The number of hydrogen-bond donors (Lipinski definition) is 1. The summed E-state index contributed by atoms with van der Waals surface area (Å²) < 4.78 is 5.83. The van der Waals surface area contributed by atoms with Gasteiger partial charge >= 0.3 is 0 Å². The van der Waals surface area contributed by atoms with Gasteiger partial charge in [0, 0.05) is 18.8 Å². The molecule has 3 rings (SSSR count). The van der Waals surface area contributed by atoms with Crippen LogP contribution in [-0.4, -0.2) is 47.1 Å². The second-order valence-corrected chi connectivity index (χ2v) is 7.18. The minimum absolute atomic E-state index is 0.000679. The Hall–Kier alpha value is -1.53. The number of carbonyl (C=O) groups excluding carboxylic acids is 2. The van der Waals surface area contributed by atoms with Crippen LogP contribution in [0.3, 0.4) is 0 Å². The number of nitrogens with one attached hydrogen (secondary N) is 1. The van der Waals surface area contributed by atoms with Crippen molar-refractivity contribution in [3.8, 4) is 0 Å². The molecule has 2 aliphatic rings. The van der Waals surface area contributed by atoms with Gasteiger partial charge in [-0.2, -0.15) is 0 Å². The predicted octanol–water partition coefficient (Wildman–Crippen LogP) is 2.33. The molecule has 1 aromatic rings. The van der Waals surface area contributed by atoms with Crippen molar-refractivity contribution in [3.05, 3.63) is 35.9 Å². The summed E-state index contributed by atoms with van der Waals surface area (Å²) in [7, 11) is 0. The molecule has 0 unspecified atom stereocenters. The van der Waals surface area contributed by atoms with Gasteiger partial charge in [-0.1, -0.05) is 37.3 Å². The molecular weight excluding hydrogens is 324 g/mol. The highest BCUT2D eigenvalue weighted by Crippen LogP contribution is 2.28. The summed E-state index contributed by atoms with van der Waals surface area (Å²) >= 11 is 1.63. The van der Waals surface area contributed by atoms with E-state index in [1.165, 1.54) is 0 Å². The molecule has 0 saturated carbocycles. The molecule has 2 amide bonds. The first-order valence-corrected chi connectivity index (χ1v) is 9.70. The van der Waals surface area contributed by atoms with Crippen LogP contribution in [-0.2, 0) is 14.3 Å². The van der Waals surface area contributed by atoms with Crippen molar-refractivity contribution in [2.24, 2.45) is 0 Å². The molecule has 0 aliphatic carbocycles. The number of benzene rings is 1. The van der Waals surface area contributed by atoms with Gasteiger partial charge in [0.15, 0.2) is 0 Å². The van der Waals surface area contributed by atoms with E-state index in [-0.39, 0.29) is 30.0 Å². The van der Waals surface area contributed by atoms with Crippen LogP contribution in [0.15, 0.2) is 30.3 Å². The molecule has 2 heterocycles. The van der Waals surface area contributed by atoms with Crippen LogP contribution in [0.4, 0.5) is 0 Å². The molecule has 0 bridgehead atoms. The normalized spacial score (nSPS) is 24.8. The summed E-state index contributed by atoms with van der Waals surface area (Å²) in [6, 6.07) is 9.41. The van der Waals surface area contributed by atoms with E-state index >= 15 is 0 Å². The largest absolute Gasteiger partial charge is 0.376 e. The standard InChI is InChI=1S/C18H24N2O3S/c1-2-16(21)20-12-24-11-14(20)18(22)19-17(15-9-6-10-23-15)13-7-4-3-5-8-13/h3-5,7-8,14-15,17H,2,6,9-12H2,1H3,(H,19,22)/t14-,15-,17+/m1/s1. The monoisotopic (exact) mass is 348 g/mol. The maximum atomic E-state index is 12.8. The molecule has 0 spiro atoms. The van der Waals surface area contributed by atoms with Crippen molar-refractivity contribution < 1.29 is 14.3 Å². The Morgan fingerprint density at radius 2 is 2.17 bits per heavy atom. The molecule has 0 aromatic heterocycles. The average Bonchev–Trinajstić information content (AvgIpc) is 3.31. The van der Waals surface area contributed by atoms with Crippen molar-refractivity contribution >= 4 is 23.6 Å². The lowest BCUT2D eigenvalue weighted by molar-refractivity contribution is -0.138. The van der Waals surface area contributed by atoms with Gasteiger partial charge < -0.3 is 15.0 Å². The molecule has 1 aromatic carbocycles. The van der Waals surface area contributed by atoms with Crippen molar-refractivity contribution in [2.45, 2.75) is 44.4 Å². The van der Waals surface area contributed by atoms with E-state index < -0.39 is 0 Å². The molecule has 1 N–H and O–H groups in total. The van der Waals surface area contributed by atoms with Gasteiger partial charge in [-0.05, 0) is 18.4 Å². The van der Waals surface area contributed by atoms with E-state index in [0.717, 1.165) is 25.0 Å². The Kier molecular flexibility index (Phi) is 5.79. The number of rotatable bonds is 5. The number of hydrogen-bond acceptors (Lipinski definition) is 4. The summed E-state index contributed by atoms with van der Waals surface area (Å²) in [5, 5.41) is 3.15. The third-order valence-electron chi connectivity index (χ3n) is 4.60. The summed E-state index contributed by atoms with van der Waals surface area (Å²) in [6.45, 7) is 2.57. The average molecular weight is 348 g/mol. The Morgan fingerprint density at radius 3 is 2.83 bits per heavy atom. The van der Waals surface area contributed by atoms with Gasteiger partial charge in [-0.3, -0.25) is 9.59 Å². The van der Waals surface area contributed by atoms with E-state index in [4.69, 9.17) is 4.74 Å². The zero-order chi connectivity index (χ0) is 16.9. The lowest BCUT2D eigenvalue weighted by Gasteiger charge is -2.28. The minimum Gasteiger partial charge on any atom is -0.376 e. The van der Waals surface area contributed by atoms with Crippen molar-refractivity contribution in [1.82, 2.24) is 10.2 Å². The highest BCUT2D eigenvalue weighted by molar-refractivity contribution is 7.99. The lowest BCUT2D eigenvalue weighted by Crippen LogP contribution is -2.49. The molecule has 0 radical (unpaired) electrons. The minimum atomic E-state index is -0.380. The highest BCUT2D eigenvalue weighted by atomic mass is 32.2. The zero-order valence-corrected chi connectivity index (χ0v) is 14.8. The Bertz CT molecular complexity index is 575. The number of ether oxygens (including phenoxy) is 1. The molecule has 2 aliphatic heterocycles. The first-order valence-electron chi connectivity index (χ1n) is 8.55. The quantitative estimate of drug-likeness (QED) is 0.887. The van der Waals surface area contributed by atoms with Crippen LogP contribution < -0.4 is 5.32 Å². The van der Waals surface area contributed by atoms with Crippen molar-refractivity contribution in [2.75, 3.05) is 18.2 Å². The summed E-state index contributed by atoms with van der Waals surface area (Å²) in [6.07, 6.45) is 2.39. The van der Waals surface area contributed by atoms with Gasteiger partial charge in [0.2, 0.25) is 11.8 Å². The van der Waals surface area contributed by atoms with Gasteiger partial charge in [0.1, 0.15) is 6.04 Å². The van der Waals surface area contributed by atoms with E-state index in [2.05, 4.69) is 5.32 Å². The maximum Gasteiger partial charge on any atom is 0.244 e. The number of carbonyl (C=O) groups is 2. The SMILES string of the molecule is CCC(=O)N1CSC[C@@H]1C(=O)N[C@@H](c1ccccc1)[C@H]1CCCO1. The van der Waals surface area contributed by atoms with E-state index in [1.54, 1.807) is 16.7 Å². The van der Waals surface area contributed by atoms with Crippen LogP contribution in [0.1, 0.15) is 37.8 Å². The Labute approximate surface area is 147 Å². The molecule has 24 heavy (non-hydrogen) atoms. The fraction of sp³-hybridized carbons (Fsp3) is 0.556. The molecular formula is C18H24N2O3S. The zero-order valence-electron chi connectivity index (χ0n) is 13.9. The van der Waals surface area contributed by atoms with Crippen LogP contribution in [0.25, 0.3) is 0 Å². The van der Waals surface area contributed by atoms with Crippen molar-refractivity contribution in [1.29, 1.82) is 0 Å². The summed E-state index contributed by atoms with van der Waals surface area (Å²) in [4.78, 5) is 26.6. The third-order valence-corrected chi connectivity index (χ3v) is 5.61. The van der Waals surface area contributed by atoms with Crippen LogP contribution in [0, 0.1) is 0 Å². The van der Waals surface area contributed by atoms with E-state index in [1.807, 2.05) is 37.3 Å². The number of amides is 2. The summed E-state index contributed by atoms with van der Waals surface area (Å²) in [5.41, 5.74) is 1.05. The van der Waals surface area contributed by atoms with Gasteiger partial charge in [-0.25, -0.2) is 0 Å². The second kappa shape index (κ2) is 8.03. The van der Waals surface area contributed by atoms with E-state index in [0.29, 0.717) is 18.1 Å². The Balaban J connectivity index is 1.74. The lowest BCUT2D eigenvalue weighted by atomic mass is 9.99. The van der Waals surface area contributed by atoms with Crippen molar-refractivity contribution in [3.63, 3.8) is 0 Å².